The molecule has 7 fully saturated rings. The first-order valence-corrected chi connectivity index (χ1v) is 9.73. The van der Waals surface area contributed by atoms with E-state index in [1.54, 1.807) is 25.7 Å². The van der Waals surface area contributed by atoms with Crippen LogP contribution in [0.25, 0.3) is 0 Å². The molecule has 0 aromatic heterocycles. The van der Waals surface area contributed by atoms with Crippen LogP contribution in [0.15, 0.2) is 0 Å². The quantitative estimate of drug-likeness (QED) is 0.818. The Balaban J connectivity index is 1.42. The zero-order valence-corrected chi connectivity index (χ0v) is 13.0. The molecule has 12 atom stereocenters. The van der Waals surface area contributed by atoms with Crippen molar-refractivity contribution >= 4 is 0 Å². The highest BCUT2D eigenvalue weighted by Crippen LogP contribution is 2.77. The van der Waals surface area contributed by atoms with Gasteiger partial charge in [-0.1, -0.05) is 0 Å². The second-order valence-electron chi connectivity index (χ2n) is 9.56. The van der Waals surface area contributed by atoms with Crippen LogP contribution >= 0.6 is 0 Å². The maximum Gasteiger partial charge on any atom is -0.00429 e. The molecule has 0 aromatic carbocycles. The van der Waals surface area contributed by atoms with Crippen LogP contribution in [0.5, 0.6) is 0 Å². The Labute approximate surface area is 128 Å². The Morgan fingerprint density at radius 2 is 1.24 bits per heavy atom. The molecule has 0 aromatic rings. The van der Waals surface area contributed by atoms with E-state index in [2.05, 4.69) is 0 Å². The molecule has 2 nitrogen and oxygen atoms in total. The first-order chi connectivity index (χ1) is 10.3. The van der Waals surface area contributed by atoms with Crippen LogP contribution in [0.3, 0.4) is 0 Å². The van der Waals surface area contributed by atoms with E-state index in [1.165, 1.54) is 6.42 Å². The van der Waals surface area contributed by atoms with E-state index < -0.39 is 0 Å². The lowest BCUT2D eigenvalue weighted by atomic mass is 9.34. The van der Waals surface area contributed by atoms with Crippen molar-refractivity contribution in [3.63, 3.8) is 0 Å². The summed E-state index contributed by atoms with van der Waals surface area (Å²) in [5.41, 5.74) is 12.4. The van der Waals surface area contributed by atoms with E-state index >= 15 is 0 Å². The molecule has 0 spiro atoms. The molecule has 0 heterocycles. The van der Waals surface area contributed by atoms with Crippen LogP contribution in [0.2, 0.25) is 0 Å². The third-order valence-electron chi connectivity index (χ3n) is 9.79. The Hall–Kier alpha value is -0.0800. The van der Waals surface area contributed by atoms with Gasteiger partial charge in [-0.2, -0.15) is 0 Å². The van der Waals surface area contributed by atoms with Crippen LogP contribution in [0, 0.1) is 71.0 Å². The van der Waals surface area contributed by atoms with Gasteiger partial charge in [-0.3, -0.25) is 0 Å². The fraction of sp³-hybridized carbons (Fsp3) is 1.00. The highest BCUT2D eigenvalue weighted by Gasteiger charge is 2.71. The molecule has 12 unspecified atom stereocenters. The molecule has 4 N–H and O–H groups in total. The van der Waals surface area contributed by atoms with Crippen molar-refractivity contribution < 1.29 is 0 Å². The summed E-state index contributed by atoms with van der Waals surface area (Å²) in [6.45, 7) is 1.81. The molecule has 21 heavy (non-hydrogen) atoms. The molecule has 7 rings (SSSR count). The van der Waals surface area contributed by atoms with Gasteiger partial charge in [-0.05, 0) is 116 Å². The molecule has 116 valence electrons. The summed E-state index contributed by atoms with van der Waals surface area (Å²) in [6.07, 6.45) is 7.87. The predicted molar refractivity (Wildman–Crippen MR) is 83.1 cm³/mol. The van der Waals surface area contributed by atoms with Crippen molar-refractivity contribution in [2.24, 2.45) is 82.5 Å². The zero-order valence-electron chi connectivity index (χ0n) is 13.0. The van der Waals surface area contributed by atoms with E-state index in [0.717, 1.165) is 84.1 Å². The SMILES string of the molecule is NCC1C(CN)C2CC1C1C3CC4CCC3C3C4CC3C21. The van der Waals surface area contributed by atoms with Crippen molar-refractivity contribution in [3.8, 4) is 0 Å². The maximum absolute atomic E-state index is 6.20. The van der Waals surface area contributed by atoms with E-state index in [1.807, 2.05) is 0 Å². The number of hydrogen-bond acceptors (Lipinski definition) is 2. The molecule has 0 radical (unpaired) electrons. The molecule has 7 aliphatic carbocycles. The Morgan fingerprint density at radius 1 is 0.571 bits per heavy atom. The normalized spacial score (nSPS) is 68.9. The number of hydrogen-bond donors (Lipinski definition) is 2. The summed E-state index contributed by atoms with van der Waals surface area (Å²) in [5, 5.41) is 0. The fourth-order valence-corrected chi connectivity index (χ4v) is 9.54. The monoisotopic (exact) mass is 286 g/mol. The predicted octanol–water partition coefficient (Wildman–Crippen LogP) is 2.33. The minimum atomic E-state index is 0.772. The van der Waals surface area contributed by atoms with Gasteiger partial charge in [0.1, 0.15) is 0 Å². The molecule has 7 saturated carbocycles. The smallest absolute Gasteiger partial charge is 0.00429 e. The maximum atomic E-state index is 6.20. The molecule has 0 amide bonds. The highest BCUT2D eigenvalue weighted by molar-refractivity contribution is 5.19. The van der Waals surface area contributed by atoms with E-state index in [0.29, 0.717) is 0 Å². The molecule has 6 bridgehead atoms. The van der Waals surface area contributed by atoms with Gasteiger partial charge in [0.2, 0.25) is 0 Å². The Morgan fingerprint density at radius 3 is 1.95 bits per heavy atom. The van der Waals surface area contributed by atoms with Crippen molar-refractivity contribution in [1.82, 2.24) is 0 Å². The van der Waals surface area contributed by atoms with Crippen LogP contribution in [-0.4, -0.2) is 13.1 Å². The van der Waals surface area contributed by atoms with Gasteiger partial charge in [-0.15, -0.1) is 0 Å². The van der Waals surface area contributed by atoms with Crippen molar-refractivity contribution in [1.29, 1.82) is 0 Å². The largest absolute Gasteiger partial charge is 0.330 e. The van der Waals surface area contributed by atoms with Crippen molar-refractivity contribution in [2.75, 3.05) is 13.1 Å². The van der Waals surface area contributed by atoms with Gasteiger partial charge < -0.3 is 11.5 Å². The zero-order chi connectivity index (χ0) is 13.9. The molecule has 0 aliphatic heterocycles. The van der Waals surface area contributed by atoms with Crippen LogP contribution < -0.4 is 11.5 Å². The molecule has 7 aliphatic rings. The van der Waals surface area contributed by atoms with Crippen LogP contribution in [0.1, 0.15) is 32.1 Å². The minimum Gasteiger partial charge on any atom is -0.330 e. The van der Waals surface area contributed by atoms with Gasteiger partial charge in [-0.25, -0.2) is 0 Å². The second-order valence-corrected chi connectivity index (χ2v) is 9.56. The van der Waals surface area contributed by atoms with Gasteiger partial charge in [0.05, 0.1) is 0 Å². The molecular formula is C19H30N2. The number of fused-ring (bicyclic) bond motifs is 7. The second kappa shape index (κ2) is 3.87. The first kappa shape index (κ1) is 12.4. The minimum absolute atomic E-state index is 0.772. The van der Waals surface area contributed by atoms with Crippen molar-refractivity contribution in [2.45, 2.75) is 32.1 Å². The van der Waals surface area contributed by atoms with Gasteiger partial charge in [0.15, 0.2) is 0 Å². The number of rotatable bonds is 2. The average molecular weight is 286 g/mol. The third kappa shape index (κ3) is 1.20. The van der Waals surface area contributed by atoms with Crippen LogP contribution in [-0.2, 0) is 0 Å². The summed E-state index contributed by atoms with van der Waals surface area (Å²) in [6, 6.07) is 0. The van der Waals surface area contributed by atoms with Gasteiger partial charge in [0.25, 0.3) is 0 Å². The standard InChI is InChI=1S/C19H30N2/c20-6-15-12-5-13(16(15)7-21)19-14-4-10-8-1-2-9(17(10)14)11(3-8)18(12)19/h8-19H,1-7,20-21H2. The van der Waals surface area contributed by atoms with Crippen molar-refractivity contribution in [3.05, 3.63) is 0 Å². The summed E-state index contributed by atoms with van der Waals surface area (Å²) in [4.78, 5) is 0. The molecular weight excluding hydrogens is 256 g/mol. The summed E-state index contributed by atoms with van der Waals surface area (Å²) in [5.74, 6) is 12.4. The Bertz CT molecular complexity index is 476. The average Bonchev–Trinajstić information content (AvgIpc) is 3.00. The lowest BCUT2D eigenvalue weighted by Crippen LogP contribution is -2.66. The fourth-order valence-electron chi connectivity index (χ4n) is 9.54. The van der Waals surface area contributed by atoms with Gasteiger partial charge in [0, 0.05) is 0 Å². The third-order valence-corrected chi connectivity index (χ3v) is 9.79. The first-order valence-electron chi connectivity index (χ1n) is 9.73. The van der Waals surface area contributed by atoms with E-state index in [-0.39, 0.29) is 0 Å². The lowest BCUT2D eigenvalue weighted by Gasteiger charge is -2.71. The summed E-state index contributed by atoms with van der Waals surface area (Å²) >= 11 is 0. The van der Waals surface area contributed by atoms with Gasteiger partial charge >= 0.3 is 0 Å². The summed E-state index contributed by atoms with van der Waals surface area (Å²) < 4.78 is 0. The lowest BCUT2D eigenvalue weighted by molar-refractivity contribution is -0.228. The Kier molecular flexibility index (Phi) is 2.28. The number of nitrogens with two attached hydrogens (primary N) is 2. The van der Waals surface area contributed by atoms with E-state index in [9.17, 15) is 0 Å². The van der Waals surface area contributed by atoms with E-state index in [4.69, 9.17) is 11.5 Å². The topological polar surface area (TPSA) is 52.0 Å². The molecule has 0 saturated heterocycles. The molecule has 2 heteroatoms. The highest BCUT2D eigenvalue weighted by atomic mass is 14.8. The summed E-state index contributed by atoms with van der Waals surface area (Å²) in [7, 11) is 0. The van der Waals surface area contributed by atoms with Crippen LogP contribution in [0.4, 0.5) is 0 Å².